The van der Waals surface area contributed by atoms with Gasteiger partial charge in [0.25, 0.3) is 0 Å². The van der Waals surface area contributed by atoms with Crippen LogP contribution in [0.25, 0.3) is 0 Å². The number of benzene rings is 1. The number of nitrogens with one attached hydrogen (secondary N) is 1. The Morgan fingerprint density at radius 3 is 2.04 bits per heavy atom. The monoisotopic (exact) mass is 376 g/mol. The van der Waals surface area contributed by atoms with Gasteiger partial charge in [0, 0.05) is 31.9 Å². The average molecular weight is 377 g/mol. The molecule has 0 aromatic heterocycles. The van der Waals surface area contributed by atoms with Crippen LogP contribution >= 0.6 is 0 Å². The normalized spacial score (nSPS) is 14.8. The summed E-state index contributed by atoms with van der Waals surface area (Å²) in [6.07, 6.45) is 3.20. The first-order valence-corrected chi connectivity index (χ1v) is 9.46. The van der Waals surface area contributed by atoms with Crippen molar-refractivity contribution in [3.63, 3.8) is 0 Å². The van der Waals surface area contributed by atoms with E-state index in [4.69, 9.17) is 5.11 Å². The van der Waals surface area contributed by atoms with Crippen molar-refractivity contribution in [2.24, 2.45) is 0 Å². The molecule has 1 aromatic carbocycles. The lowest BCUT2D eigenvalue weighted by Crippen LogP contribution is -2.41. The minimum Gasteiger partial charge on any atom is -0.400 e. The summed E-state index contributed by atoms with van der Waals surface area (Å²) < 4.78 is 37.9. The molecule has 0 aliphatic carbocycles. The Bertz CT molecular complexity index is 455. The molecular formula is C20H35F3N2O. The summed E-state index contributed by atoms with van der Waals surface area (Å²) in [5.41, 5.74) is 0.0927. The van der Waals surface area contributed by atoms with Gasteiger partial charge in [0.1, 0.15) is 0 Å². The van der Waals surface area contributed by atoms with Crippen molar-refractivity contribution in [2.45, 2.75) is 64.6 Å². The van der Waals surface area contributed by atoms with E-state index in [1.165, 1.54) is 37.8 Å². The number of rotatable bonds is 5. The highest BCUT2D eigenvalue weighted by Crippen LogP contribution is 2.32. The molecule has 2 rings (SSSR count). The average Bonchev–Trinajstić information content (AvgIpc) is 2.68. The molecule has 1 aromatic rings. The lowest BCUT2D eigenvalue weighted by atomic mass is 10.0. The van der Waals surface area contributed by atoms with Crippen LogP contribution in [0.2, 0.25) is 0 Å². The molecule has 26 heavy (non-hydrogen) atoms. The van der Waals surface area contributed by atoms with Crippen LogP contribution in [0.4, 0.5) is 18.9 Å². The highest BCUT2D eigenvalue weighted by atomic mass is 19.4. The number of hydrogen-bond acceptors (Lipinski definition) is 3. The summed E-state index contributed by atoms with van der Waals surface area (Å²) in [4.78, 5) is 2.02. The third-order valence-electron chi connectivity index (χ3n) is 4.40. The predicted molar refractivity (Wildman–Crippen MR) is 104 cm³/mol. The van der Waals surface area contributed by atoms with Crippen molar-refractivity contribution in [1.82, 2.24) is 5.32 Å². The molecule has 3 nitrogen and oxygen atoms in total. The van der Waals surface area contributed by atoms with Gasteiger partial charge in [-0.05, 0) is 38.1 Å². The van der Waals surface area contributed by atoms with Crippen molar-refractivity contribution in [3.8, 4) is 0 Å². The van der Waals surface area contributed by atoms with Crippen LogP contribution in [0.3, 0.4) is 0 Å². The molecule has 152 valence electrons. The zero-order chi connectivity index (χ0) is 20.0. The molecule has 0 radical (unpaired) electrons. The SMILES string of the molecule is CCCCCC.CNC1CCN(c2cccc(C(F)(F)F)c2)CC1.CO. The van der Waals surface area contributed by atoms with Gasteiger partial charge in [-0.2, -0.15) is 13.2 Å². The van der Waals surface area contributed by atoms with Gasteiger partial charge >= 0.3 is 6.18 Å². The number of halogens is 3. The van der Waals surface area contributed by atoms with E-state index >= 15 is 0 Å². The molecule has 1 fully saturated rings. The second-order valence-electron chi connectivity index (χ2n) is 6.31. The topological polar surface area (TPSA) is 35.5 Å². The molecule has 0 unspecified atom stereocenters. The molecule has 1 aliphatic heterocycles. The molecule has 1 heterocycles. The van der Waals surface area contributed by atoms with Crippen LogP contribution in [-0.4, -0.2) is 38.4 Å². The minimum absolute atomic E-state index is 0.479. The van der Waals surface area contributed by atoms with Crippen LogP contribution in [0.5, 0.6) is 0 Å². The van der Waals surface area contributed by atoms with Gasteiger partial charge in [-0.1, -0.05) is 45.6 Å². The van der Waals surface area contributed by atoms with Crippen LogP contribution in [-0.2, 0) is 6.18 Å². The fourth-order valence-electron chi connectivity index (χ4n) is 2.81. The second kappa shape index (κ2) is 13.9. The quantitative estimate of drug-likeness (QED) is 0.703. The van der Waals surface area contributed by atoms with E-state index in [1.54, 1.807) is 6.07 Å². The number of alkyl halides is 3. The Balaban J connectivity index is 0.000000667. The Morgan fingerprint density at radius 2 is 1.62 bits per heavy atom. The summed E-state index contributed by atoms with van der Waals surface area (Å²) >= 11 is 0. The number of nitrogens with zero attached hydrogens (tertiary/aromatic N) is 1. The highest BCUT2D eigenvalue weighted by molar-refractivity contribution is 5.49. The van der Waals surface area contributed by atoms with E-state index < -0.39 is 11.7 Å². The van der Waals surface area contributed by atoms with Gasteiger partial charge in [0.15, 0.2) is 0 Å². The van der Waals surface area contributed by atoms with E-state index in [-0.39, 0.29) is 0 Å². The maximum Gasteiger partial charge on any atom is 0.416 e. The largest absolute Gasteiger partial charge is 0.416 e. The maximum atomic E-state index is 12.6. The van der Waals surface area contributed by atoms with Crippen LogP contribution in [0.15, 0.2) is 24.3 Å². The van der Waals surface area contributed by atoms with Crippen molar-refractivity contribution >= 4 is 5.69 Å². The van der Waals surface area contributed by atoms with Gasteiger partial charge in [0.05, 0.1) is 5.56 Å². The Hall–Kier alpha value is -1.27. The first kappa shape index (κ1) is 24.7. The molecule has 0 bridgehead atoms. The maximum absolute atomic E-state index is 12.6. The molecule has 2 N–H and O–H groups in total. The molecule has 1 aliphatic rings. The zero-order valence-corrected chi connectivity index (χ0v) is 16.6. The van der Waals surface area contributed by atoms with Crippen LogP contribution in [0.1, 0.15) is 57.9 Å². The molecule has 0 saturated carbocycles. The molecule has 0 amide bonds. The lowest BCUT2D eigenvalue weighted by Gasteiger charge is -2.33. The van der Waals surface area contributed by atoms with Crippen molar-refractivity contribution in [2.75, 3.05) is 32.1 Å². The number of hydrogen-bond donors (Lipinski definition) is 2. The second-order valence-corrected chi connectivity index (χ2v) is 6.31. The number of anilines is 1. The van der Waals surface area contributed by atoms with E-state index in [0.717, 1.165) is 39.1 Å². The van der Waals surface area contributed by atoms with Gasteiger partial charge in [-0.15, -0.1) is 0 Å². The van der Waals surface area contributed by atoms with Crippen molar-refractivity contribution in [1.29, 1.82) is 0 Å². The van der Waals surface area contributed by atoms with E-state index in [2.05, 4.69) is 19.2 Å². The zero-order valence-electron chi connectivity index (χ0n) is 16.6. The fraction of sp³-hybridized carbons (Fsp3) is 0.700. The summed E-state index contributed by atoms with van der Waals surface area (Å²) in [7, 11) is 2.92. The summed E-state index contributed by atoms with van der Waals surface area (Å²) in [6.45, 7) is 6.06. The Labute approximate surface area is 156 Å². The third kappa shape index (κ3) is 9.43. The molecule has 0 atom stereocenters. The standard InChI is InChI=1S/C13H17F3N2.C6H14.CH4O/c1-17-11-5-7-18(8-6-11)12-4-2-3-10(9-12)13(14,15)16;1-3-5-6-4-2;1-2/h2-4,9,11,17H,5-8H2,1H3;3-6H2,1-2H3;2H,1H3. The Morgan fingerprint density at radius 1 is 1.08 bits per heavy atom. The van der Waals surface area contributed by atoms with E-state index in [9.17, 15) is 13.2 Å². The summed E-state index contributed by atoms with van der Waals surface area (Å²) in [5.74, 6) is 0. The first-order chi connectivity index (χ1) is 12.4. The molecular weight excluding hydrogens is 341 g/mol. The van der Waals surface area contributed by atoms with E-state index in [1.807, 2.05) is 11.9 Å². The number of piperidine rings is 1. The van der Waals surface area contributed by atoms with Crippen molar-refractivity contribution < 1.29 is 18.3 Å². The fourth-order valence-corrected chi connectivity index (χ4v) is 2.81. The van der Waals surface area contributed by atoms with Crippen molar-refractivity contribution in [3.05, 3.63) is 29.8 Å². The highest BCUT2D eigenvalue weighted by Gasteiger charge is 2.31. The molecule has 6 heteroatoms. The lowest BCUT2D eigenvalue weighted by molar-refractivity contribution is -0.137. The number of unbranched alkanes of at least 4 members (excludes halogenated alkanes) is 3. The van der Waals surface area contributed by atoms with Gasteiger partial charge in [-0.25, -0.2) is 0 Å². The van der Waals surface area contributed by atoms with Gasteiger partial charge < -0.3 is 15.3 Å². The molecule has 0 spiro atoms. The smallest absolute Gasteiger partial charge is 0.400 e. The van der Waals surface area contributed by atoms with Gasteiger partial charge in [0.2, 0.25) is 0 Å². The van der Waals surface area contributed by atoms with Gasteiger partial charge in [-0.3, -0.25) is 0 Å². The third-order valence-corrected chi connectivity index (χ3v) is 4.40. The first-order valence-electron chi connectivity index (χ1n) is 9.46. The van der Waals surface area contributed by atoms with Crippen LogP contribution < -0.4 is 10.2 Å². The van der Waals surface area contributed by atoms with Crippen LogP contribution in [0, 0.1) is 0 Å². The molecule has 1 saturated heterocycles. The predicted octanol–water partition coefficient (Wildman–Crippen LogP) is 5.09. The number of aliphatic hydroxyl groups is 1. The Kier molecular flexibility index (Phi) is 13.2. The summed E-state index contributed by atoms with van der Waals surface area (Å²) in [5, 5.41) is 10.2. The summed E-state index contributed by atoms with van der Waals surface area (Å²) in [6, 6.07) is 6.05. The number of aliphatic hydroxyl groups excluding tert-OH is 1. The minimum atomic E-state index is -4.26. The van der Waals surface area contributed by atoms with E-state index in [0.29, 0.717) is 11.7 Å².